The van der Waals surface area contributed by atoms with Crippen molar-refractivity contribution in [3.05, 3.63) is 35.9 Å². The van der Waals surface area contributed by atoms with E-state index >= 15 is 0 Å². The van der Waals surface area contributed by atoms with Crippen LogP contribution in [0.1, 0.15) is 6.92 Å². The van der Waals surface area contributed by atoms with Crippen LogP contribution >= 0.6 is 0 Å². The molecule has 0 spiro atoms. The van der Waals surface area contributed by atoms with Crippen molar-refractivity contribution in [1.82, 2.24) is 4.90 Å². The second kappa shape index (κ2) is 5.05. The van der Waals surface area contributed by atoms with Gasteiger partial charge in [0.25, 0.3) is 0 Å². The summed E-state index contributed by atoms with van der Waals surface area (Å²) in [6.07, 6.45) is 5.17. The standard InChI is InChI=1S/C12H14N2O4/c1-3-18-12(16)9-7-13-10-6-8(17-2)4-5-14(10)11(9)15/h4-7,11,15H,3H2,1-2H3. The first-order valence-electron chi connectivity index (χ1n) is 5.52. The van der Waals surface area contributed by atoms with Gasteiger partial charge in [-0.1, -0.05) is 0 Å². The van der Waals surface area contributed by atoms with Crippen molar-refractivity contribution in [1.29, 1.82) is 0 Å². The van der Waals surface area contributed by atoms with Crippen LogP contribution in [0.25, 0.3) is 0 Å². The van der Waals surface area contributed by atoms with E-state index < -0.39 is 12.2 Å². The topological polar surface area (TPSA) is 71.4 Å². The van der Waals surface area contributed by atoms with Crippen molar-refractivity contribution in [3.63, 3.8) is 0 Å². The van der Waals surface area contributed by atoms with Crippen molar-refractivity contribution in [3.8, 4) is 0 Å². The third-order valence-corrected chi connectivity index (χ3v) is 2.56. The van der Waals surface area contributed by atoms with Gasteiger partial charge in [0.15, 0.2) is 6.23 Å². The predicted octanol–water partition coefficient (Wildman–Crippen LogP) is 0.524. The lowest BCUT2D eigenvalue weighted by atomic mass is 10.1. The molecule has 0 aromatic rings. The molecular formula is C12H14N2O4. The predicted molar refractivity (Wildman–Crippen MR) is 64.2 cm³/mol. The molecule has 1 N–H and O–H groups in total. The van der Waals surface area contributed by atoms with Gasteiger partial charge in [-0.05, 0) is 13.0 Å². The van der Waals surface area contributed by atoms with Gasteiger partial charge < -0.3 is 19.5 Å². The molecule has 0 aromatic heterocycles. The molecule has 96 valence electrons. The van der Waals surface area contributed by atoms with Crippen molar-refractivity contribution in [2.24, 2.45) is 4.99 Å². The maximum atomic E-state index is 11.6. The fourth-order valence-electron chi connectivity index (χ4n) is 1.64. The summed E-state index contributed by atoms with van der Waals surface area (Å²) in [6.45, 7) is 1.96. The highest BCUT2D eigenvalue weighted by Crippen LogP contribution is 2.21. The molecule has 2 aliphatic rings. The number of amidine groups is 1. The first-order valence-corrected chi connectivity index (χ1v) is 5.52. The Hall–Kier alpha value is -2.08. The molecule has 1 atom stereocenters. The molecule has 0 aliphatic carbocycles. The van der Waals surface area contributed by atoms with Gasteiger partial charge in [-0.15, -0.1) is 0 Å². The Bertz CT molecular complexity index is 476. The Labute approximate surface area is 105 Å². The second-order valence-corrected chi connectivity index (χ2v) is 3.64. The molecule has 0 bridgehead atoms. The summed E-state index contributed by atoms with van der Waals surface area (Å²) in [5, 5.41) is 10.1. The molecule has 0 saturated heterocycles. The third kappa shape index (κ3) is 2.14. The summed E-state index contributed by atoms with van der Waals surface area (Å²) >= 11 is 0. The lowest BCUT2D eigenvalue weighted by molar-refractivity contribution is -0.140. The molecule has 0 amide bonds. The molecule has 0 saturated carbocycles. The summed E-state index contributed by atoms with van der Waals surface area (Å²) in [5.74, 6) is 0.572. The summed E-state index contributed by atoms with van der Waals surface area (Å²) < 4.78 is 9.91. The van der Waals surface area contributed by atoms with Gasteiger partial charge in [0.2, 0.25) is 0 Å². The van der Waals surface area contributed by atoms with Crippen LogP contribution in [0.4, 0.5) is 0 Å². The maximum Gasteiger partial charge on any atom is 0.340 e. The van der Waals surface area contributed by atoms with Crippen LogP contribution in [0.5, 0.6) is 0 Å². The number of aliphatic hydroxyl groups excluding tert-OH is 1. The van der Waals surface area contributed by atoms with Crippen LogP contribution in [0.15, 0.2) is 40.9 Å². The number of hydrogen-bond acceptors (Lipinski definition) is 6. The molecule has 2 heterocycles. The molecule has 0 aromatic carbocycles. The Morgan fingerprint density at radius 1 is 1.61 bits per heavy atom. The number of carbonyl (C=O) groups excluding carboxylic acids is 1. The lowest BCUT2D eigenvalue weighted by Crippen LogP contribution is -2.42. The largest absolute Gasteiger partial charge is 0.497 e. The Morgan fingerprint density at radius 3 is 3.06 bits per heavy atom. The van der Waals surface area contributed by atoms with Crippen molar-refractivity contribution < 1.29 is 19.4 Å². The number of nitrogens with zero attached hydrogens (tertiary/aromatic N) is 2. The van der Waals surface area contributed by atoms with Crippen LogP contribution in [0, 0.1) is 0 Å². The zero-order valence-corrected chi connectivity index (χ0v) is 10.2. The minimum Gasteiger partial charge on any atom is -0.497 e. The zero-order chi connectivity index (χ0) is 13.1. The number of aliphatic hydroxyl groups is 1. The van der Waals surface area contributed by atoms with E-state index in [4.69, 9.17) is 9.47 Å². The van der Waals surface area contributed by atoms with E-state index in [1.807, 2.05) is 0 Å². The molecule has 2 aliphatic heterocycles. The van der Waals surface area contributed by atoms with E-state index in [9.17, 15) is 9.90 Å². The van der Waals surface area contributed by atoms with Gasteiger partial charge >= 0.3 is 5.97 Å². The van der Waals surface area contributed by atoms with Crippen molar-refractivity contribution in [2.75, 3.05) is 13.7 Å². The highest BCUT2D eigenvalue weighted by atomic mass is 16.5. The highest BCUT2D eigenvalue weighted by molar-refractivity contribution is 6.00. The number of fused-ring (bicyclic) bond motifs is 1. The van der Waals surface area contributed by atoms with E-state index in [1.165, 1.54) is 11.1 Å². The average molecular weight is 250 g/mol. The molecule has 18 heavy (non-hydrogen) atoms. The number of ether oxygens (including phenoxy) is 2. The molecule has 0 fully saturated rings. The minimum atomic E-state index is -1.09. The van der Waals surface area contributed by atoms with Crippen molar-refractivity contribution in [2.45, 2.75) is 13.2 Å². The summed E-state index contributed by atoms with van der Waals surface area (Å²) in [7, 11) is 1.55. The van der Waals surface area contributed by atoms with Gasteiger partial charge in [0.05, 0.1) is 13.7 Å². The SMILES string of the molecule is CCOC(=O)C1=CN=C2C=C(OC)C=CN2C1O. The molecule has 6 heteroatoms. The first-order chi connectivity index (χ1) is 8.67. The van der Waals surface area contributed by atoms with Crippen LogP contribution in [0.3, 0.4) is 0 Å². The quantitative estimate of drug-likeness (QED) is 0.739. The van der Waals surface area contributed by atoms with Gasteiger partial charge in [-0.2, -0.15) is 0 Å². The number of hydrogen-bond donors (Lipinski definition) is 1. The molecule has 6 nitrogen and oxygen atoms in total. The second-order valence-electron chi connectivity index (χ2n) is 3.64. The fourth-order valence-corrected chi connectivity index (χ4v) is 1.64. The number of methoxy groups -OCH3 is 1. The van der Waals surface area contributed by atoms with E-state index in [0.717, 1.165) is 0 Å². The number of aliphatic imine (C=N–C) groups is 1. The maximum absolute atomic E-state index is 11.6. The first kappa shape index (κ1) is 12.4. The van der Waals surface area contributed by atoms with Gasteiger partial charge in [0.1, 0.15) is 17.2 Å². The normalized spacial score (nSPS) is 21.6. The van der Waals surface area contributed by atoms with E-state index in [0.29, 0.717) is 11.6 Å². The van der Waals surface area contributed by atoms with Crippen molar-refractivity contribution >= 4 is 11.8 Å². The Balaban J connectivity index is 2.27. The molecular weight excluding hydrogens is 236 g/mol. The van der Waals surface area contributed by atoms with E-state index in [-0.39, 0.29) is 12.2 Å². The monoisotopic (exact) mass is 250 g/mol. The fraction of sp³-hybridized carbons (Fsp3) is 0.333. The third-order valence-electron chi connectivity index (χ3n) is 2.56. The lowest BCUT2D eigenvalue weighted by Gasteiger charge is -2.31. The number of rotatable bonds is 3. The number of carbonyl (C=O) groups is 1. The molecule has 0 radical (unpaired) electrons. The summed E-state index contributed by atoms with van der Waals surface area (Å²) in [5.41, 5.74) is 0.111. The smallest absolute Gasteiger partial charge is 0.340 e. The summed E-state index contributed by atoms with van der Waals surface area (Å²) in [6, 6.07) is 0. The van der Waals surface area contributed by atoms with Crippen LogP contribution in [0.2, 0.25) is 0 Å². The Kier molecular flexibility index (Phi) is 3.47. The van der Waals surface area contributed by atoms with E-state index in [1.54, 1.807) is 32.4 Å². The van der Waals surface area contributed by atoms with E-state index in [2.05, 4.69) is 4.99 Å². The summed E-state index contributed by atoms with van der Waals surface area (Å²) in [4.78, 5) is 17.2. The average Bonchev–Trinajstić information content (AvgIpc) is 2.38. The number of allylic oxidation sites excluding steroid dienone is 1. The minimum absolute atomic E-state index is 0.111. The molecule has 1 unspecified atom stereocenters. The molecule has 2 rings (SSSR count). The van der Waals surface area contributed by atoms with Crippen LogP contribution in [-0.4, -0.2) is 41.8 Å². The highest BCUT2D eigenvalue weighted by Gasteiger charge is 2.30. The number of esters is 1. The van der Waals surface area contributed by atoms with Gasteiger partial charge in [-0.25, -0.2) is 9.79 Å². The van der Waals surface area contributed by atoms with Crippen LogP contribution in [-0.2, 0) is 14.3 Å². The Morgan fingerprint density at radius 2 is 2.39 bits per heavy atom. The van der Waals surface area contributed by atoms with Crippen LogP contribution < -0.4 is 0 Å². The van der Waals surface area contributed by atoms with Gasteiger partial charge in [0, 0.05) is 18.5 Å². The van der Waals surface area contributed by atoms with Gasteiger partial charge in [-0.3, -0.25) is 0 Å². The zero-order valence-electron chi connectivity index (χ0n) is 10.2.